The van der Waals surface area contributed by atoms with Crippen molar-refractivity contribution in [3.63, 3.8) is 0 Å². The number of methoxy groups -OCH3 is 1. The van der Waals surface area contributed by atoms with Gasteiger partial charge in [-0.3, -0.25) is 4.79 Å². The Bertz CT molecular complexity index is 1300. The molecule has 1 aromatic heterocycles. The molecule has 0 radical (unpaired) electrons. The Morgan fingerprint density at radius 1 is 1.11 bits per heavy atom. The van der Waals surface area contributed by atoms with Crippen molar-refractivity contribution >= 4 is 24.7 Å². The van der Waals surface area contributed by atoms with E-state index in [0.717, 1.165) is 6.07 Å². The number of ether oxygens (including phenoxy) is 3. The number of fused-ring (bicyclic) bond motifs is 1. The summed E-state index contributed by atoms with van der Waals surface area (Å²) in [5.41, 5.74) is -0.00132. The van der Waals surface area contributed by atoms with Gasteiger partial charge in [-0.2, -0.15) is 0 Å². The number of halogens is 1. The van der Waals surface area contributed by atoms with E-state index in [2.05, 4.69) is 4.52 Å². The predicted molar refractivity (Wildman–Crippen MR) is 116 cm³/mol. The SMILES string of the molecule is CCCOc1ccc(F)c2c(=O)c(-c3ccc(OC)cc3)cn(COC(=O)COP(=O)([O-])[O-])c12.[Na+].[Na+]. The smallest absolute Gasteiger partial charge is 0.790 e. The summed E-state index contributed by atoms with van der Waals surface area (Å²) < 4.78 is 46.4. The van der Waals surface area contributed by atoms with Crippen LogP contribution in [0.5, 0.6) is 11.5 Å². The minimum Gasteiger partial charge on any atom is -0.790 e. The topological polar surface area (TPSA) is 139 Å². The zero-order valence-corrected chi connectivity index (χ0v) is 25.2. The zero-order chi connectivity index (χ0) is 24.9. The van der Waals surface area contributed by atoms with Crippen molar-refractivity contribution in [2.75, 3.05) is 20.3 Å². The molecule has 0 aliphatic heterocycles. The van der Waals surface area contributed by atoms with Gasteiger partial charge in [0, 0.05) is 11.8 Å². The van der Waals surface area contributed by atoms with Gasteiger partial charge in [-0.1, -0.05) is 19.1 Å². The fourth-order valence-electron chi connectivity index (χ4n) is 3.18. The van der Waals surface area contributed by atoms with Crippen LogP contribution in [-0.4, -0.2) is 30.9 Å². The Hall–Kier alpha value is -1.24. The van der Waals surface area contributed by atoms with Gasteiger partial charge in [-0.15, -0.1) is 0 Å². The van der Waals surface area contributed by atoms with Gasteiger partial charge >= 0.3 is 65.1 Å². The third kappa shape index (κ3) is 8.39. The first-order valence-corrected chi connectivity index (χ1v) is 11.6. The van der Waals surface area contributed by atoms with Crippen molar-refractivity contribution in [3.05, 3.63) is 58.6 Å². The third-order valence-corrected chi connectivity index (χ3v) is 5.15. The van der Waals surface area contributed by atoms with E-state index in [-0.39, 0.29) is 87.9 Å². The second-order valence-corrected chi connectivity index (χ2v) is 8.21. The van der Waals surface area contributed by atoms with Crippen LogP contribution in [0.25, 0.3) is 22.0 Å². The minimum absolute atomic E-state index is 0. The van der Waals surface area contributed by atoms with E-state index in [1.165, 1.54) is 23.9 Å². The number of carbonyl (C=O) groups is 1. The fraction of sp³-hybridized carbons (Fsp3) is 0.273. The van der Waals surface area contributed by atoms with Gasteiger partial charge < -0.3 is 37.7 Å². The summed E-state index contributed by atoms with van der Waals surface area (Å²) in [5.74, 6) is -1.22. The standard InChI is InChI=1S/C22H23FNO9P.2Na/c1-3-10-31-18-9-8-17(23)20-21(18)24(13-32-19(25)12-33-34(27,28)29)11-16(22(20)26)14-4-6-15(30-2)7-5-14;;/h4-9,11H,3,10,12-13H2,1-2H3,(H2,27,28,29);;/q;2*+1/p-2. The molecule has 0 saturated carbocycles. The molecule has 0 bridgehead atoms. The number of phosphoric acid groups is 1. The van der Waals surface area contributed by atoms with Crippen molar-refractivity contribution in [2.24, 2.45) is 0 Å². The first-order valence-electron chi connectivity index (χ1n) is 10.1. The molecule has 10 nitrogen and oxygen atoms in total. The van der Waals surface area contributed by atoms with Gasteiger partial charge in [-0.25, -0.2) is 9.18 Å². The van der Waals surface area contributed by atoms with Crippen molar-refractivity contribution in [1.82, 2.24) is 4.57 Å². The Balaban J connectivity index is 0.00000324. The van der Waals surface area contributed by atoms with E-state index in [1.807, 2.05) is 6.92 Å². The van der Waals surface area contributed by atoms with Crippen LogP contribution in [0, 0.1) is 5.82 Å². The van der Waals surface area contributed by atoms with Crippen LogP contribution < -0.4 is 83.8 Å². The summed E-state index contributed by atoms with van der Waals surface area (Å²) in [7, 11) is -3.88. The van der Waals surface area contributed by atoms with Gasteiger partial charge in [0.05, 0.1) is 26.9 Å². The van der Waals surface area contributed by atoms with Crippen molar-refractivity contribution < 1.29 is 101 Å². The van der Waals surface area contributed by atoms with Crippen LogP contribution in [0.3, 0.4) is 0 Å². The summed E-state index contributed by atoms with van der Waals surface area (Å²) in [4.78, 5) is 46.3. The number of pyridine rings is 1. The Morgan fingerprint density at radius 3 is 2.36 bits per heavy atom. The molecule has 182 valence electrons. The number of aromatic nitrogens is 1. The van der Waals surface area contributed by atoms with E-state index in [4.69, 9.17) is 14.2 Å². The normalized spacial score (nSPS) is 10.8. The molecular formula is C22H21FNNa2O9P. The summed E-state index contributed by atoms with van der Waals surface area (Å²) in [6, 6.07) is 8.94. The maximum atomic E-state index is 14.9. The number of hydrogen-bond donors (Lipinski definition) is 0. The molecule has 0 unspecified atom stereocenters. The van der Waals surface area contributed by atoms with E-state index in [9.17, 15) is 28.3 Å². The Morgan fingerprint density at radius 2 is 1.78 bits per heavy atom. The van der Waals surface area contributed by atoms with E-state index >= 15 is 0 Å². The first-order chi connectivity index (χ1) is 16.1. The van der Waals surface area contributed by atoms with Crippen molar-refractivity contribution in [1.29, 1.82) is 0 Å². The molecule has 0 aliphatic carbocycles. The van der Waals surface area contributed by atoms with Gasteiger partial charge in [0.1, 0.15) is 29.4 Å². The van der Waals surface area contributed by atoms with Crippen LogP contribution in [0.1, 0.15) is 13.3 Å². The molecule has 0 aliphatic rings. The van der Waals surface area contributed by atoms with E-state index in [1.54, 1.807) is 24.3 Å². The quantitative estimate of drug-likeness (QED) is 0.143. The number of esters is 1. The van der Waals surface area contributed by atoms with E-state index in [0.29, 0.717) is 17.7 Å². The fourth-order valence-corrected chi connectivity index (χ4v) is 3.45. The molecule has 2 aromatic carbocycles. The third-order valence-electron chi connectivity index (χ3n) is 4.70. The van der Waals surface area contributed by atoms with E-state index < -0.39 is 38.4 Å². The monoisotopic (exact) mass is 539 g/mol. The van der Waals surface area contributed by atoms with Crippen LogP contribution in [0.15, 0.2) is 47.4 Å². The van der Waals surface area contributed by atoms with Crippen LogP contribution in [-0.2, 0) is 25.4 Å². The van der Waals surface area contributed by atoms with Gasteiger partial charge in [-0.05, 0) is 36.2 Å². The van der Waals surface area contributed by atoms with Crippen molar-refractivity contribution in [2.45, 2.75) is 20.1 Å². The maximum Gasteiger partial charge on any atom is 1.00 e. The molecule has 0 saturated heterocycles. The summed E-state index contributed by atoms with van der Waals surface area (Å²) >= 11 is 0. The number of rotatable bonds is 10. The molecule has 14 heteroatoms. The molecule has 36 heavy (non-hydrogen) atoms. The summed E-state index contributed by atoms with van der Waals surface area (Å²) in [6.45, 7) is 0.482. The molecule has 3 rings (SSSR count). The second kappa shape index (κ2) is 14.6. The maximum absolute atomic E-state index is 14.9. The van der Waals surface area contributed by atoms with Crippen molar-refractivity contribution in [3.8, 4) is 22.6 Å². The molecule has 3 aromatic rings. The summed E-state index contributed by atoms with van der Waals surface area (Å²) in [5, 5.41) is -0.280. The number of phosphoric ester groups is 1. The molecular weight excluding hydrogens is 518 g/mol. The number of hydrogen-bond acceptors (Lipinski definition) is 9. The summed E-state index contributed by atoms with van der Waals surface area (Å²) in [6.07, 6.45) is 2.01. The zero-order valence-electron chi connectivity index (χ0n) is 20.3. The molecule has 0 amide bonds. The minimum atomic E-state index is -5.37. The van der Waals surface area contributed by atoms with Gasteiger partial charge in [0.2, 0.25) is 0 Å². The van der Waals surface area contributed by atoms with Crippen LogP contribution >= 0.6 is 7.82 Å². The van der Waals surface area contributed by atoms with Gasteiger partial charge in [0.25, 0.3) is 0 Å². The average molecular weight is 539 g/mol. The predicted octanol–water partition coefficient (Wildman–Crippen LogP) is -4.04. The largest absolute Gasteiger partial charge is 1.00 e. The molecule has 0 spiro atoms. The van der Waals surface area contributed by atoms with Crippen LogP contribution in [0.2, 0.25) is 0 Å². The van der Waals surface area contributed by atoms with Gasteiger partial charge in [0.15, 0.2) is 12.2 Å². The average Bonchev–Trinajstić information content (AvgIpc) is 2.81. The Kier molecular flexibility index (Phi) is 13.3. The first kappa shape index (κ1) is 32.8. The molecule has 0 atom stereocenters. The number of nitrogens with zero attached hydrogens (tertiary/aromatic N) is 1. The molecule has 0 N–H and O–H groups in total. The second-order valence-electron chi connectivity index (χ2n) is 7.05. The number of benzene rings is 2. The molecule has 1 heterocycles. The number of carbonyl (C=O) groups excluding carboxylic acids is 1. The van der Waals surface area contributed by atoms with Crippen LogP contribution in [0.4, 0.5) is 4.39 Å². The Labute approximate surface area is 250 Å². The molecule has 0 fully saturated rings.